The fourth-order valence-electron chi connectivity index (χ4n) is 2.08. The number of aryl methyl sites for hydroxylation is 2. The van der Waals surface area contributed by atoms with Gasteiger partial charge in [-0.3, -0.25) is 0 Å². The van der Waals surface area contributed by atoms with Crippen LogP contribution in [0, 0.1) is 0 Å². The lowest BCUT2D eigenvalue weighted by molar-refractivity contribution is 0.414. The second-order valence-corrected chi connectivity index (χ2v) is 4.55. The molecular formula is C17H20O2. The average molecular weight is 256 g/mol. The predicted molar refractivity (Wildman–Crippen MR) is 78.0 cm³/mol. The summed E-state index contributed by atoms with van der Waals surface area (Å²) >= 11 is 0. The number of benzene rings is 2. The van der Waals surface area contributed by atoms with Crippen LogP contribution in [0.15, 0.2) is 48.5 Å². The molecule has 0 amide bonds. The second kappa shape index (κ2) is 6.83. The minimum atomic E-state index is 0.916. The maximum atomic E-state index is 5.15. The van der Waals surface area contributed by atoms with Gasteiger partial charge in [-0.2, -0.15) is 0 Å². The first-order valence-electron chi connectivity index (χ1n) is 6.57. The highest BCUT2D eigenvalue weighted by atomic mass is 16.5. The molecule has 0 atom stereocenters. The normalized spacial score (nSPS) is 10.2. The Balaban J connectivity index is 1.81. The monoisotopic (exact) mass is 256 g/mol. The van der Waals surface area contributed by atoms with Crippen molar-refractivity contribution in [1.29, 1.82) is 0 Å². The summed E-state index contributed by atoms with van der Waals surface area (Å²) in [6, 6.07) is 16.6. The molecule has 0 unspecified atom stereocenters. The molecule has 0 fully saturated rings. The van der Waals surface area contributed by atoms with Crippen LogP contribution in [-0.2, 0) is 12.8 Å². The van der Waals surface area contributed by atoms with Gasteiger partial charge < -0.3 is 9.47 Å². The lowest BCUT2D eigenvalue weighted by atomic mass is 10.0. The van der Waals surface area contributed by atoms with E-state index >= 15 is 0 Å². The van der Waals surface area contributed by atoms with Crippen molar-refractivity contribution in [2.45, 2.75) is 19.3 Å². The Bertz CT molecular complexity index is 438. The van der Waals surface area contributed by atoms with E-state index in [4.69, 9.17) is 9.47 Å². The minimum Gasteiger partial charge on any atom is -0.497 e. The number of rotatable bonds is 6. The zero-order valence-corrected chi connectivity index (χ0v) is 11.6. The zero-order valence-electron chi connectivity index (χ0n) is 11.6. The molecule has 100 valence electrons. The summed E-state index contributed by atoms with van der Waals surface area (Å²) in [4.78, 5) is 0. The molecule has 2 rings (SSSR count). The summed E-state index contributed by atoms with van der Waals surface area (Å²) in [7, 11) is 3.39. The van der Waals surface area contributed by atoms with Crippen LogP contribution in [0.1, 0.15) is 17.5 Å². The molecule has 0 aromatic heterocycles. The quantitative estimate of drug-likeness (QED) is 0.781. The third-order valence-corrected chi connectivity index (χ3v) is 3.25. The van der Waals surface area contributed by atoms with Crippen molar-refractivity contribution in [2.24, 2.45) is 0 Å². The number of ether oxygens (including phenoxy) is 2. The van der Waals surface area contributed by atoms with Gasteiger partial charge in [0.05, 0.1) is 14.2 Å². The van der Waals surface area contributed by atoms with Gasteiger partial charge in [0.1, 0.15) is 11.5 Å². The summed E-state index contributed by atoms with van der Waals surface area (Å²) in [5.41, 5.74) is 2.71. The van der Waals surface area contributed by atoms with Crippen LogP contribution >= 0.6 is 0 Å². The first kappa shape index (κ1) is 13.5. The Morgan fingerprint density at radius 2 is 1.00 bits per heavy atom. The third kappa shape index (κ3) is 4.02. The molecule has 0 heterocycles. The smallest absolute Gasteiger partial charge is 0.118 e. The summed E-state index contributed by atoms with van der Waals surface area (Å²) < 4.78 is 10.3. The van der Waals surface area contributed by atoms with Gasteiger partial charge in [0.2, 0.25) is 0 Å². The average Bonchev–Trinajstić information content (AvgIpc) is 2.49. The van der Waals surface area contributed by atoms with Crippen molar-refractivity contribution in [1.82, 2.24) is 0 Å². The Kier molecular flexibility index (Phi) is 4.85. The van der Waals surface area contributed by atoms with Crippen molar-refractivity contribution in [2.75, 3.05) is 14.2 Å². The molecule has 0 saturated heterocycles. The largest absolute Gasteiger partial charge is 0.497 e. The lowest BCUT2D eigenvalue weighted by Crippen LogP contribution is -1.91. The fraction of sp³-hybridized carbons (Fsp3) is 0.294. The predicted octanol–water partition coefficient (Wildman–Crippen LogP) is 3.88. The van der Waals surface area contributed by atoms with Crippen molar-refractivity contribution in [3.63, 3.8) is 0 Å². The Hall–Kier alpha value is -1.96. The number of hydrogen-bond donors (Lipinski definition) is 0. The Morgan fingerprint density at radius 3 is 1.32 bits per heavy atom. The minimum absolute atomic E-state index is 0.916. The van der Waals surface area contributed by atoms with Gasteiger partial charge in [0, 0.05) is 0 Å². The van der Waals surface area contributed by atoms with E-state index in [-0.39, 0.29) is 0 Å². The molecule has 2 heteroatoms. The molecule has 19 heavy (non-hydrogen) atoms. The van der Waals surface area contributed by atoms with E-state index < -0.39 is 0 Å². The topological polar surface area (TPSA) is 18.5 Å². The molecule has 2 nitrogen and oxygen atoms in total. The number of methoxy groups -OCH3 is 2. The van der Waals surface area contributed by atoms with E-state index in [9.17, 15) is 0 Å². The SMILES string of the molecule is COc1ccc(CCCc2ccc(OC)cc2)cc1. The van der Waals surface area contributed by atoms with Crippen LogP contribution in [0.4, 0.5) is 0 Å². The summed E-state index contributed by atoms with van der Waals surface area (Å²) in [5, 5.41) is 0. The van der Waals surface area contributed by atoms with Crippen molar-refractivity contribution >= 4 is 0 Å². The second-order valence-electron chi connectivity index (χ2n) is 4.55. The van der Waals surface area contributed by atoms with Crippen LogP contribution in [0.2, 0.25) is 0 Å². The van der Waals surface area contributed by atoms with Crippen molar-refractivity contribution in [3.8, 4) is 11.5 Å². The van der Waals surface area contributed by atoms with Gasteiger partial charge in [-0.25, -0.2) is 0 Å². The van der Waals surface area contributed by atoms with Crippen molar-refractivity contribution < 1.29 is 9.47 Å². The van der Waals surface area contributed by atoms with E-state index in [1.807, 2.05) is 24.3 Å². The van der Waals surface area contributed by atoms with Crippen molar-refractivity contribution in [3.05, 3.63) is 59.7 Å². The van der Waals surface area contributed by atoms with Gasteiger partial charge in [0.15, 0.2) is 0 Å². The fourth-order valence-corrected chi connectivity index (χ4v) is 2.08. The lowest BCUT2D eigenvalue weighted by Gasteiger charge is -2.05. The van der Waals surface area contributed by atoms with Crippen LogP contribution in [0.25, 0.3) is 0 Å². The molecule has 0 N–H and O–H groups in total. The molecule has 0 radical (unpaired) electrons. The molecular weight excluding hydrogens is 236 g/mol. The van der Waals surface area contributed by atoms with E-state index in [0.29, 0.717) is 0 Å². The van der Waals surface area contributed by atoms with E-state index in [0.717, 1.165) is 30.8 Å². The first-order valence-corrected chi connectivity index (χ1v) is 6.57. The van der Waals surface area contributed by atoms with E-state index in [2.05, 4.69) is 24.3 Å². The Labute approximate surface area is 115 Å². The van der Waals surface area contributed by atoms with Gasteiger partial charge in [-0.1, -0.05) is 24.3 Å². The van der Waals surface area contributed by atoms with Crippen LogP contribution in [0.3, 0.4) is 0 Å². The number of hydrogen-bond acceptors (Lipinski definition) is 2. The molecule has 0 aliphatic rings. The molecule has 2 aromatic rings. The summed E-state index contributed by atoms with van der Waals surface area (Å²) in [5.74, 6) is 1.83. The first-order chi connectivity index (χ1) is 9.31. The Morgan fingerprint density at radius 1 is 0.632 bits per heavy atom. The highest BCUT2D eigenvalue weighted by Gasteiger charge is 1.97. The van der Waals surface area contributed by atoms with Gasteiger partial charge in [-0.15, -0.1) is 0 Å². The van der Waals surface area contributed by atoms with E-state index in [1.165, 1.54) is 11.1 Å². The zero-order chi connectivity index (χ0) is 13.5. The van der Waals surface area contributed by atoms with Gasteiger partial charge >= 0.3 is 0 Å². The van der Waals surface area contributed by atoms with Gasteiger partial charge in [-0.05, 0) is 54.7 Å². The molecule has 2 aromatic carbocycles. The highest BCUT2D eigenvalue weighted by Crippen LogP contribution is 2.15. The molecule has 0 aliphatic heterocycles. The molecule has 0 saturated carbocycles. The van der Waals surface area contributed by atoms with Gasteiger partial charge in [0.25, 0.3) is 0 Å². The summed E-state index contributed by atoms with van der Waals surface area (Å²) in [6.07, 6.45) is 3.34. The van der Waals surface area contributed by atoms with Crippen LogP contribution < -0.4 is 9.47 Å². The molecule has 0 aliphatic carbocycles. The van der Waals surface area contributed by atoms with Crippen LogP contribution in [0.5, 0.6) is 11.5 Å². The maximum absolute atomic E-state index is 5.15. The van der Waals surface area contributed by atoms with E-state index in [1.54, 1.807) is 14.2 Å². The molecule has 0 bridgehead atoms. The third-order valence-electron chi connectivity index (χ3n) is 3.25. The summed E-state index contributed by atoms with van der Waals surface area (Å²) in [6.45, 7) is 0. The highest BCUT2D eigenvalue weighted by molar-refractivity contribution is 5.28. The standard InChI is InChI=1S/C17H20O2/c1-18-16-10-6-14(7-11-16)4-3-5-15-8-12-17(19-2)13-9-15/h6-13H,3-5H2,1-2H3. The maximum Gasteiger partial charge on any atom is 0.118 e. The van der Waals surface area contributed by atoms with Crippen LogP contribution in [-0.4, -0.2) is 14.2 Å². The molecule has 0 spiro atoms.